The zero-order valence-electron chi connectivity index (χ0n) is 16.0. The number of hydrogen-bond donors (Lipinski definition) is 3. The molecular formula is C20H28FN5O2. The lowest BCUT2D eigenvalue weighted by atomic mass is 10.0. The molecule has 1 unspecified atom stereocenters. The Balaban J connectivity index is 1.34. The Hall–Kier alpha value is -2.19. The van der Waals surface area contributed by atoms with Gasteiger partial charge in [-0.1, -0.05) is 0 Å². The molecule has 1 aromatic carbocycles. The number of amides is 2. The van der Waals surface area contributed by atoms with Crippen LogP contribution in [0.1, 0.15) is 25.7 Å². The highest BCUT2D eigenvalue weighted by molar-refractivity contribution is 6.01. The number of hydrogen-bond acceptors (Lipinski definition) is 6. The molecule has 3 saturated heterocycles. The summed E-state index contributed by atoms with van der Waals surface area (Å²) in [5.74, 6) is -0.893. The van der Waals surface area contributed by atoms with Gasteiger partial charge in [0.25, 0.3) is 0 Å². The van der Waals surface area contributed by atoms with Crippen LogP contribution in [0, 0.1) is 5.82 Å². The molecule has 1 aromatic rings. The third-order valence-corrected chi connectivity index (χ3v) is 6.01. The maximum atomic E-state index is 14.7. The Bertz CT molecular complexity index is 729. The monoisotopic (exact) mass is 389 g/mol. The summed E-state index contributed by atoms with van der Waals surface area (Å²) in [6.07, 6.45) is 3.10. The Labute approximate surface area is 164 Å². The third-order valence-electron chi connectivity index (χ3n) is 6.01. The number of benzene rings is 1. The second-order valence-corrected chi connectivity index (χ2v) is 7.82. The topological polar surface area (TPSA) is 76.7 Å². The number of halogens is 1. The molecule has 0 saturated carbocycles. The number of anilines is 2. The quantitative estimate of drug-likeness (QED) is 0.665. The lowest BCUT2D eigenvalue weighted by molar-refractivity contribution is -0.133. The Morgan fingerprint density at radius 1 is 1.04 bits per heavy atom. The number of piperidine rings is 2. The average molecular weight is 389 g/mol. The molecule has 3 aliphatic rings. The van der Waals surface area contributed by atoms with Crippen LogP contribution in [0.25, 0.3) is 0 Å². The molecule has 3 heterocycles. The third kappa shape index (κ3) is 4.28. The lowest BCUT2D eigenvalue weighted by Gasteiger charge is -2.41. The Morgan fingerprint density at radius 2 is 1.79 bits per heavy atom. The fraction of sp³-hybridized carbons (Fsp3) is 0.600. The molecule has 1 atom stereocenters. The van der Waals surface area contributed by atoms with Gasteiger partial charge in [-0.2, -0.15) is 0 Å². The van der Waals surface area contributed by atoms with E-state index in [0.29, 0.717) is 30.3 Å². The van der Waals surface area contributed by atoms with Crippen LogP contribution in [-0.2, 0) is 9.59 Å². The summed E-state index contributed by atoms with van der Waals surface area (Å²) < 4.78 is 14.7. The zero-order valence-corrected chi connectivity index (χ0v) is 16.0. The van der Waals surface area contributed by atoms with Crippen LogP contribution >= 0.6 is 0 Å². The molecule has 152 valence electrons. The van der Waals surface area contributed by atoms with Crippen molar-refractivity contribution in [2.24, 2.45) is 0 Å². The van der Waals surface area contributed by atoms with Gasteiger partial charge in [0.2, 0.25) is 11.8 Å². The minimum absolute atomic E-state index is 0.256. The van der Waals surface area contributed by atoms with Crippen molar-refractivity contribution in [2.75, 3.05) is 49.5 Å². The molecule has 7 nitrogen and oxygen atoms in total. The van der Waals surface area contributed by atoms with Crippen molar-refractivity contribution in [3.63, 3.8) is 0 Å². The van der Waals surface area contributed by atoms with E-state index in [0.717, 1.165) is 39.3 Å². The van der Waals surface area contributed by atoms with Crippen LogP contribution in [-0.4, -0.2) is 68.1 Å². The van der Waals surface area contributed by atoms with Gasteiger partial charge in [0.1, 0.15) is 11.9 Å². The maximum absolute atomic E-state index is 14.7. The Kier molecular flexibility index (Phi) is 5.77. The largest absolute Gasteiger partial charge is 0.374 e. The highest BCUT2D eigenvalue weighted by Crippen LogP contribution is 2.26. The normalized spacial score (nSPS) is 24.9. The first-order valence-electron chi connectivity index (χ1n) is 10.2. The van der Waals surface area contributed by atoms with Crippen molar-refractivity contribution in [3.8, 4) is 0 Å². The zero-order chi connectivity index (χ0) is 19.5. The van der Waals surface area contributed by atoms with E-state index < -0.39 is 6.04 Å². The molecule has 2 amide bonds. The van der Waals surface area contributed by atoms with Crippen LogP contribution in [0.4, 0.5) is 15.8 Å². The van der Waals surface area contributed by atoms with E-state index >= 15 is 0 Å². The van der Waals surface area contributed by atoms with Crippen molar-refractivity contribution in [2.45, 2.75) is 37.8 Å². The number of piperazine rings is 1. The average Bonchev–Trinajstić information content (AvgIpc) is 2.71. The van der Waals surface area contributed by atoms with Crippen molar-refractivity contribution in [1.29, 1.82) is 0 Å². The van der Waals surface area contributed by atoms with E-state index in [9.17, 15) is 14.0 Å². The fourth-order valence-corrected chi connectivity index (χ4v) is 4.39. The first-order valence-corrected chi connectivity index (χ1v) is 10.2. The molecular weight excluding hydrogens is 361 g/mol. The predicted octanol–water partition coefficient (Wildman–Crippen LogP) is 0.917. The predicted molar refractivity (Wildman–Crippen MR) is 106 cm³/mol. The van der Waals surface area contributed by atoms with Gasteiger partial charge >= 0.3 is 0 Å². The lowest BCUT2D eigenvalue weighted by Crippen LogP contribution is -2.53. The number of rotatable bonds is 4. The summed E-state index contributed by atoms with van der Waals surface area (Å²) in [5, 5.41) is 8.74. The maximum Gasteiger partial charge on any atom is 0.249 e. The van der Waals surface area contributed by atoms with Crippen LogP contribution in [0.5, 0.6) is 0 Å². The van der Waals surface area contributed by atoms with Gasteiger partial charge in [-0.05, 0) is 50.6 Å². The highest BCUT2D eigenvalue weighted by atomic mass is 19.1. The van der Waals surface area contributed by atoms with Gasteiger partial charge in [0, 0.05) is 44.3 Å². The highest BCUT2D eigenvalue weighted by Gasteiger charge is 2.28. The molecule has 0 aromatic heterocycles. The van der Waals surface area contributed by atoms with E-state index in [1.54, 1.807) is 12.1 Å². The van der Waals surface area contributed by atoms with Gasteiger partial charge in [-0.15, -0.1) is 0 Å². The molecule has 0 aliphatic carbocycles. The van der Waals surface area contributed by atoms with E-state index in [4.69, 9.17) is 0 Å². The van der Waals surface area contributed by atoms with Crippen LogP contribution < -0.4 is 20.9 Å². The van der Waals surface area contributed by atoms with Gasteiger partial charge in [0.15, 0.2) is 0 Å². The fourth-order valence-electron chi connectivity index (χ4n) is 4.39. The number of nitrogens with zero attached hydrogens (tertiary/aromatic N) is 2. The molecule has 0 bridgehead atoms. The second-order valence-electron chi connectivity index (χ2n) is 7.82. The summed E-state index contributed by atoms with van der Waals surface area (Å²) in [5.41, 5.74) is 1.17. The standard InChI is InChI=1S/C20H28FN5O2/c21-16-13-14(23-17-2-4-19(27)24-20(17)28)1-3-18(16)26-11-9-25(10-12-26)15-5-7-22-8-6-15/h1,3,13,15,17,22-23H,2,4-12H2,(H,24,27,28). The second kappa shape index (κ2) is 8.45. The molecule has 8 heteroatoms. The van der Waals surface area contributed by atoms with Gasteiger partial charge in [-0.3, -0.25) is 19.8 Å². The van der Waals surface area contributed by atoms with Crippen molar-refractivity contribution in [3.05, 3.63) is 24.0 Å². The number of imide groups is 1. The smallest absolute Gasteiger partial charge is 0.249 e. The van der Waals surface area contributed by atoms with E-state index in [2.05, 4.69) is 25.8 Å². The SMILES string of the molecule is O=C1CCC(Nc2ccc(N3CCN(C4CCNCC4)CC3)c(F)c2)C(=O)N1. The van der Waals surface area contributed by atoms with Crippen molar-refractivity contribution < 1.29 is 14.0 Å². The van der Waals surface area contributed by atoms with Gasteiger partial charge in [0.05, 0.1) is 5.69 Å². The number of nitrogens with one attached hydrogen (secondary N) is 3. The van der Waals surface area contributed by atoms with E-state index in [1.165, 1.54) is 18.9 Å². The first-order chi connectivity index (χ1) is 13.6. The van der Waals surface area contributed by atoms with Crippen LogP contribution in [0.2, 0.25) is 0 Å². The molecule has 3 N–H and O–H groups in total. The summed E-state index contributed by atoms with van der Waals surface area (Å²) in [6.45, 7) is 5.73. The molecule has 4 rings (SSSR count). The van der Waals surface area contributed by atoms with Crippen molar-refractivity contribution >= 4 is 23.2 Å². The summed E-state index contributed by atoms with van der Waals surface area (Å²) in [7, 11) is 0. The Morgan fingerprint density at radius 3 is 2.46 bits per heavy atom. The number of carbonyl (C=O) groups excluding carboxylic acids is 2. The molecule has 0 spiro atoms. The number of carbonyl (C=O) groups is 2. The van der Waals surface area contributed by atoms with Crippen LogP contribution in [0.3, 0.4) is 0 Å². The summed E-state index contributed by atoms with van der Waals surface area (Å²) in [6, 6.07) is 5.17. The molecule has 28 heavy (non-hydrogen) atoms. The minimum Gasteiger partial charge on any atom is -0.374 e. The first kappa shape index (κ1) is 19.1. The van der Waals surface area contributed by atoms with Crippen LogP contribution in [0.15, 0.2) is 18.2 Å². The summed E-state index contributed by atoms with van der Waals surface area (Å²) >= 11 is 0. The van der Waals surface area contributed by atoms with E-state index in [1.807, 2.05) is 0 Å². The molecule has 0 radical (unpaired) electrons. The molecule has 3 fully saturated rings. The van der Waals surface area contributed by atoms with Gasteiger partial charge in [-0.25, -0.2) is 4.39 Å². The van der Waals surface area contributed by atoms with E-state index in [-0.39, 0.29) is 17.6 Å². The molecule has 3 aliphatic heterocycles. The van der Waals surface area contributed by atoms with Crippen molar-refractivity contribution in [1.82, 2.24) is 15.5 Å². The van der Waals surface area contributed by atoms with Gasteiger partial charge < -0.3 is 15.5 Å². The summed E-state index contributed by atoms with van der Waals surface area (Å²) in [4.78, 5) is 27.7. The minimum atomic E-state index is -0.503.